The summed E-state index contributed by atoms with van der Waals surface area (Å²) in [5.41, 5.74) is 2.59. The van der Waals surface area contributed by atoms with Gasteiger partial charge in [0.1, 0.15) is 11.1 Å². The van der Waals surface area contributed by atoms with Crippen molar-refractivity contribution in [3.8, 4) is 17.5 Å². The van der Waals surface area contributed by atoms with Crippen molar-refractivity contribution in [2.75, 3.05) is 16.9 Å². The summed E-state index contributed by atoms with van der Waals surface area (Å²) in [6.07, 6.45) is 0. The third kappa shape index (κ3) is 4.35. The molecular formula is C19H20N6OS2. The zero-order valence-corrected chi connectivity index (χ0v) is 17.4. The van der Waals surface area contributed by atoms with Crippen LogP contribution in [-0.4, -0.2) is 26.5 Å². The van der Waals surface area contributed by atoms with Crippen LogP contribution in [0.15, 0.2) is 40.9 Å². The van der Waals surface area contributed by atoms with E-state index < -0.39 is 0 Å². The average molecular weight is 413 g/mol. The normalized spacial score (nSPS) is 11.2. The van der Waals surface area contributed by atoms with Crippen molar-refractivity contribution in [1.29, 1.82) is 5.26 Å². The van der Waals surface area contributed by atoms with Crippen molar-refractivity contribution >= 4 is 34.0 Å². The van der Waals surface area contributed by atoms with E-state index in [0.29, 0.717) is 21.5 Å². The molecule has 0 radical (unpaired) electrons. The maximum Gasteiger partial charge on any atom is 0.235 e. The van der Waals surface area contributed by atoms with E-state index in [2.05, 4.69) is 48.4 Å². The van der Waals surface area contributed by atoms with Crippen molar-refractivity contribution in [3.05, 3.63) is 46.8 Å². The van der Waals surface area contributed by atoms with Crippen molar-refractivity contribution in [2.24, 2.45) is 0 Å². The summed E-state index contributed by atoms with van der Waals surface area (Å²) in [6, 6.07) is 11.8. The van der Waals surface area contributed by atoms with Crippen molar-refractivity contribution in [3.63, 3.8) is 0 Å². The van der Waals surface area contributed by atoms with Gasteiger partial charge in [0, 0.05) is 5.56 Å². The van der Waals surface area contributed by atoms with E-state index in [0.717, 1.165) is 5.56 Å². The highest BCUT2D eigenvalue weighted by atomic mass is 32.2. The van der Waals surface area contributed by atoms with Gasteiger partial charge in [0.15, 0.2) is 5.82 Å². The molecule has 144 valence electrons. The zero-order valence-electron chi connectivity index (χ0n) is 15.8. The molecule has 3 rings (SSSR count). The first-order chi connectivity index (χ1) is 13.3. The Morgan fingerprint density at radius 3 is 2.64 bits per heavy atom. The summed E-state index contributed by atoms with van der Waals surface area (Å²) in [4.78, 5) is 12.1. The van der Waals surface area contributed by atoms with Gasteiger partial charge in [-0.05, 0) is 22.4 Å². The van der Waals surface area contributed by atoms with Crippen LogP contribution in [0.3, 0.4) is 0 Å². The summed E-state index contributed by atoms with van der Waals surface area (Å²) in [6.45, 7) is 6.47. The summed E-state index contributed by atoms with van der Waals surface area (Å²) in [7, 11) is 0. The van der Waals surface area contributed by atoms with Crippen LogP contribution in [0.25, 0.3) is 11.4 Å². The number of benzene rings is 1. The fourth-order valence-electron chi connectivity index (χ4n) is 2.48. The Morgan fingerprint density at radius 2 is 2.00 bits per heavy atom. The smallest absolute Gasteiger partial charge is 0.235 e. The van der Waals surface area contributed by atoms with Gasteiger partial charge in [0.05, 0.1) is 11.3 Å². The third-order valence-corrected chi connectivity index (χ3v) is 5.82. The highest BCUT2D eigenvalue weighted by Gasteiger charge is 2.17. The minimum Gasteiger partial charge on any atom is -0.335 e. The Balaban J connectivity index is 1.66. The molecule has 0 unspecified atom stereocenters. The number of nitrogen functional groups attached to an aromatic ring is 1. The monoisotopic (exact) mass is 412 g/mol. The lowest BCUT2D eigenvalue weighted by Crippen LogP contribution is -2.16. The molecule has 1 aromatic carbocycles. The molecule has 3 aromatic rings. The maximum atomic E-state index is 12.1. The second-order valence-electron chi connectivity index (χ2n) is 7.12. The number of carbonyl (C=O) groups excluding carboxylic acids is 1. The number of hydrogen-bond acceptors (Lipinski definition) is 7. The van der Waals surface area contributed by atoms with Gasteiger partial charge in [-0.15, -0.1) is 21.5 Å². The number of carbonyl (C=O) groups is 1. The van der Waals surface area contributed by atoms with Crippen LogP contribution >= 0.6 is 23.1 Å². The van der Waals surface area contributed by atoms with Gasteiger partial charge < -0.3 is 11.2 Å². The van der Waals surface area contributed by atoms with Crippen molar-refractivity contribution in [2.45, 2.75) is 31.3 Å². The number of rotatable bonds is 5. The van der Waals surface area contributed by atoms with E-state index >= 15 is 0 Å². The molecule has 0 atom stereocenters. The molecule has 0 bridgehead atoms. The largest absolute Gasteiger partial charge is 0.335 e. The number of aromatic nitrogens is 3. The van der Waals surface area contributed by atoms with Gasteiger partial charge in [0.25, 0.3) is 0 Å². The molecule has 0 saturated carbocycles. The van der Waals surface area contributed by atoms with Crippen LogP contribution in [-0.2, 0) is 10.2 Å². The minimum atomic E-state index is -0.233. The Kier molecular flexibility index (Phi) is 5.72. The molecule has 0 aliphatic rings. The number of anilines is 1. The first-order valence-electron chi connectivity index (χ1n) is 8.51. The van der Waals surface area contributed by atoms with Gasteiger partial charge in [0.2, 0.25) is 11.1 Å². The number of nitrogens with two attached hydrogens (primary N) is 1. The van der Waals surface area contributed by atoms with Gasteiger partial charge in [-0.1, -0.05) is 56.8 Å². The number of thioether (sulfide) groups is 1. The second kappa shape index (κ2) is 8.04. The van der Waals surface area contributed by atoms with Gasteiger partial charge in [-0.3, -0.25) is 4.79 Å². The molecule has 0 fully saturated rings. The molecule has 28 heavy (non-hydrogen) atoms. The van der Waals surface area contributed by atoms with E-state index in [1.807, 2.05) is 18.2 Å². The molecule has 0 aliphatic carbocycles. The van der Waals surface area contributed by atoms with Crippen molar-refractivity contribution < 1.29 is 4.79 Å². The van der Waals surface area contributed by atoms with E-state index in [-0.39, 0.29) is 17.1 Å². The van der Waals surface area contributed by atoms with Crippen LogP contribution in [0, 0.1) is 11.3 Å². The summed E-state index contributed by atoms with van der Waals surface area (Å²) in [5, 5.41) is 22.7. The Labute approximate surface area is 171 Å². The van der Waals surface area contributed by atoms with E-state index in [9.17, 15) is 4.79 Å². The Bertz CT molecular complexity index is 1020. The van der Waals surface area contributed by atoms with E-state index in [1.165, 1.54) is 33.3 Å². The Hall–Kier alpha value is -2.83. The van der Waals surface area contributed by atoms with Gasteiger partial charge >= 0.3 is 0 Å². The predicted octanol–water partition coefficient (Wildman–Crippen LogP) is 3.62. The van der Waals surface area contributed by atoms with Gasteiger partial charge in [-0.2, -0.15) is 5.26 Å². The molecule has 2 aromatic heterocycles. The highest BCUT2D eigenvalue weighted by Crippen LogP contribution is 2.27. The van der Waals surface area contributed by atoms with Crippen LogP contribution in [0.2, 0.25) is 0 Å². The quantitative estimate of drug-likeness (QED) is 0.489. The lowest BCUT2D eigenvalue weighted by Gasteiger charge is -2.19. The topological polar surface area (TPSA) is 110 Å². The van der Waals surface area contributed by atoms with E-state index in [1.54, 1.807) is 11.4 Å². The Morgan fingerprint density at radius 1 is 1.29 bits per heavy atom. The molecule has 0 spiro atoms. The van der Waals surface area contributed by atoms with Crippen LogP contribution < -0.4 is 11.2 Å². The molecule has 9 heteroatoms. The van der Waals surface area contributed by atoms with Crippen molar-refractivity contribution in [1.82, 2.24) is 14.9 Å². The van der Waals surface area contributed by atoms with Crippen LogP contribution in [0.1, 0.15) is 31.9 Å². The molecule has 1 amide bonds. The fourth-order valence-corrected chi connectivity index (χ4v) is 3.89. The predicted molar refractivity (Wildman–Crippen MR) is 113 cm³/mol. The number of nitriles is 1. The van der Waals surface area contributed by atoms with Crippen LogP contribution in [0.5, 0.6) is 0 Å². The third-order valence-electron chi connectivity index (χ3n) is 4.04. The highest BCUT2D eigenvalue weighted by molar-refractivity contribution is 7.99. The fraction of sp³-hybridized carbons (Fsp3) is 0.263. The number of nitrogens with zero attached hydrogens (tertiary/aromatic N) is 4. The van der Waals surface area contributed by atoms with Gasteiger partial charge in [-0.25, -0.2) is 4.68 Å². The first-order valence-corrected chi connectivity index (χ1v) is 10.4. The number of nitrogens with one attached hydrogen (secondary N) is 1. The first kappa shape index (κ1) is 19.9. The minimum absolute atomic E-state index is 0.0667. The standard InChI is InChI=1S/C19H20N6OS2/c1-19(2,3)14-6-4-12(5-7-14)16-23-24-18(25(16)21)28-11-15(26)22-17-13(10-20)8-9-27-17/h4-9H,11,21H2,1-3H3,(H,22,26). The molecule has 0 saturated heterocycles. The molecular weight excluding hydrogens is 392 g/mol. The molecule has 2 heterocycles. The maximum absolute atomic E-state index is 12.1. The SMILES string of the molecule is CC(C)(C)c1ccc(-c2nnc(SCC(=O)Nc3sccc3C#N)n2N)cc1. The summed E-state index contributed by atoms with van der Waals surface area (Å²) in [5.74, 6) is 6.54. The van der Waals surface area contributed by atoms with Crippen LogP contribution in [0.4, 0.5) is 5.00 Å². The van der Waals surface area contributed by atoms with E-state index in [4.69, 9.17) is 11.1 Å². The number of hydrogen-bond donors (Lipinski definition) is 2. The second-order valence-corrected chi connectivity index (χ2v) is 8.97. The summed E-state index contributed by atoms with van der Waals surface area (Å²) >= 11 is 2.50. The number of thiophene rings is 1. The lowest BCUT2D eigenvalue weighted by atomic mass is 9.87. The average Bonchev–Trinajstić information content (AvgIpc) is 3.25. The zero-order chi connectivity index (χ0) is 20.3. The molecule has 0 aliphatic heterocycles. The lowest BCUT2D eigenvalue weighted by molar-refractivity contribution is -0.113. The number of amides is 1. The summed E-state index contributed by atoms with van der Waals surface area (Å²) < 4.78 is 1.38. The molecule has 7 nitrogen and oxygen atoms in total. The molecule has 3 N–H and O–H groups in total.